The summed E-state index contributed by atoms with van der Waals surface area (Å²) in [5.41, 5.74) is 1.12. The van der Waals surface area contributed by atoms with Gasteiger partial charge in [0.2, 0.25) is 0 Å². The molecule has 116 valence electrons. The van der Waals surface area contributed by atoms with E-state index in [1.807, 2.05) is 37.1 Å². The fourth-order valence-electron chi connectivity index (χ4n) is 3.13. The zero-order chi connectivity index (χ0) is 14.5. The van der Waals surface area contributed by atoms with Gasteiger partial charge in [-0.15, -0.1) is 0 Å². The Morgan fingerprint density at radius 2 is 2.29 bits per heavy atom. The van der Waals surface area contributed by atoms with Crippen molar-refractivity contribution in [2.45, 2.75) is 43.9 Å². The Hall–Kier alpha value is -0.780. The topological polar surface area (TPSA) is 43.4 Å². The number of thioether (sulfide) groups is 1. The van der Waals surface area contributed by atoms with Crippen molar-refractivity contribution in [3.8, 4) is 5.75 Å². The van der Waals surface area contributed by atoms with Crippen LogP contribution >= 0.6 is 11.8 Å². The highest BCUT2D eigenvalue weighted by atomic mass is 32.2. The minimum absolute atomic E-state index is 0.0771. The number of ether oxygens (including phenoxy) is 2. The van der Waals surface area contributed by atoms with Crippen molar-refractivity contribution in [2.75, 3.05) is 25.2 Å². The normalized spacial score (nSPS) is 24.9. The van der Waals surface area contributed by atoms with Crippen LogP contribution in [-0.4, -0.2) is 41.8 Å². The number of nitrogens with zero attached hydrogens (tertiary/aromatic N) is 1. The first kappa shape index (κ1) is 15.1. The van der Waals surface area contributed by atoms with E-state index in [-0.39, 0.29) is 11.7 Å². The maximum Gasteiger partial charge on any atom is 0.138 e. The van der Waals surface area contributed by atoms with Gasteiger partial charge < -0.3 is 14.8 Å². The Balaban J connectivity index is 1.59. The second-order valence-electron chi connectivity index (χ2n) is 5.89. The van der Waals surface area contributed by atoms with Crippen LogP contribution in [0.15, 0.2) is 18.3 Å². The summed E-state index contributed by atoms with van der Waals surface area (Å²) in [7, 11) is 1.93. The third-order valence-electron chi connectivity index (χ3n) is 4.31. The lowest BCUT2D eigenvalue weighted by Crippen LogP contribution is -2.46. The molecular formula is C16H24N2O2S. The second kappa shape index (κ2) is 6.99. The predicted molar refractivity (Wildman–Crippen MR) is 85.9 cm³/mol. The molecule has 1 aromatic rings. The summed E-state index contributed by atoms with van der Waals surface area (Å²) in [5, 5.41) is 3.10. The van der Waals surface area contributed by atoms with Gasteiger partial charge in [0.25, 0.3) is 0 Å². The van der Waals surface area contributed by atoms with E-state index in [1.54, 1.807) is 0 Å². The smallest absolute Gasteiger partial charge is 0.138 e. The van der Waals surface area contributed by atoms with E-state index in [4.69, 9.17) is 9.47 Å². The van der Waals surface area contributed by atoms with Crippen LogP contribution in [0.1, 0.15) is 31.4 Å². The zero-order valence-corrected chi connectivity index (χ0v) is 13.5. The summed E-state index contributed by atoms with van der Waals surface area (Å²) in [6, 6.07) is 4.05. The zero-order valence-electron chi connectivity index (χ0n) is 12.6. The minimum atomic E-state index is 0.0771. The van der Waals surface area contributed by atoms with Crippen molar-refractivity contribution in [2.24, 2.45) is 0 Å². The molecule has 2 aliphatic heterocycles. The van der Waals surface area contributed by atoms with Gasteiger partial charge in [0, 0.05) is 19.4 Å². The molecule has 21 heavy (non-hydrogen) atoms. The number of nitrogens with one attached hydrogen (secondary N) is 1. The van der Waals surface area contributed by atoms with Crippen LogP contribution in [0.4, 0.5) is 0 Å². The van der Waals surface area contributed by atoms with E-state index in [0.717, 1.165) is 50.3 Å². The van der Waals surface area contributed by atoms with Gasteiger partial charge in [-0.2, -0.15) is 11.8 Å². The van der Waals surface area contributed by atoms with E-state index in [9.17, 15) is 0 Å². The molecule has 0 aromatic carbocycles. The van der Waals surface area contributed by atoms with Gasteiger partial charge in [0.15, 0.2) is 0 Å². The molecule has 1 spiro atoms. The van der Waals surface area contributed by atoms with Gasteiger partial charge in [-0.3, -0.25) is 4.98 Å². The monoisotopic (exact) mass is 308 g/mol. The second-order valence-corrected chi connectivity index (χ2v) is 7.12. The summed E-state index contributed by atoms with van der Waals surface area (Å²) in [5.74, 6) is 3.31. The Labute approximate surface area is 131 Å². The minimum Gasteiger partial charge on any atom is -0.489 e. The van der Waals surface area contributed by atoms with E-state index in [1.165, 1.54) is 11.5 Å². The van der Waals surface area contributed by atoms with Crippen LogP contribution in [-0.2, 0) is 11.3 Å². The number of rotatable bonds is 4. The van der Waals surface area contributed by atoms with Gasteiger partial charge in [-0.25, -0.2) is 0 Å². The molecule has 0 radical (unpaired) electrons. The summed E-state index contributed by atoms with van der Waals surface area (Å²) in [6.45, 7) is 1.61. The highest BCUT2D eigenvalue weighted by Crippen LogP contribution is 2.38. The quantitative estimate of drug-likeness (QED) is 0.926. The van der Waals surface area contributed by atoms with E-state index in [2.05, 4.69) is 10.3 Å². The van der Waals surface area contributed by atoms with E-state index in [0.29, 0.717) is 0 Å². The maximum absolute atomic E-state index is 6.15. The average molecular weight is 308 g/mol. The molecule has 1 aromatic heterocycles. The van der Waals surface area contributed by atoms with Gasteiger partial charge in [0.1, 0.15) is 11.9 Å². The molecule has 3 rings (SSSR count). The highest BCUT2D eigenvalue weighted by molar-refractivity contribution is 7.99. The predicted octanol–water partition coefficient (Wildman–Crippen LogP) is 2.62. The van der Waals surface area contributed by atoms with Crippen molar-refractivity contribution in [1.29, 1.82) is 0 Å². The maximum atomic E-state index is 6.15. The fourth-order valence-corrected chi connectivity index (χ4v) is 4.37. The molecule has 3 heterocycles. The molecule has 2 aliphatic rings. The Morgan fingerprint density at radius 3 is 3.00 bits per heavy atom. The summed E-state index contributed by atoms with van der Waals surface area (Å²) >= 11 is 2.04. The van der Waals surface area contributed by atoms with Crippen LogP contribution in [0.3, 0.4) is 0 Å². The third-order valence-corrected chi connectivity index (χ3v) is 5.30. The summed E-state index contributed by atoms with van der Waals surface area (Å²) < 4.78 is 12.3. The van der Waals surface area contributed by atoms with Gasteiger partial charge in [-0.05, 0) is 43.5 Å². The molecule has 0 bridgehead atoms. The SMILES string of the molecule is CNCc1ccc(OC2CCOC3(CCSCC3)C2)cn1. The van der Waals surface area contributed by atoms with E-state index < -0.39 is 0 Å². The number of hydrogen-bond donors (Lipinski definition) is 1. The lowest BCUT2D eigenvalue weighted by molar-refractivity contribution is -0.116. The fraction of sp³-hybridized carbons (Fsp3) is 0.688. The molecule has 1 N–H and O–H groups in total. The molecule has 4 nitrogen and oxygen atoms in total. The van der Waals surface area contributed by atoms with Crippen LogP contribution in [0.5, 0.6) is 5.75 Å². The first-order valence-corrected chi connectivity index (χ1v) is 8.93. The lowest BCUT2D eigenvalue weighted by Gasteiger charge is -2.43. The molecule has 0 saturated carbocycles. The number of aromatic nitrogens is 1. The average Bonchev–Trinajstić information content (AvgIpc) is 2.50. The number of hydrogen-bond acceptors (Lipinski definition) is 5. The molecule has 1 atom stereocenters. The Bertz CT molecular complexity index is 441. The molecule has 0 amide bonds. The Morgan fingerprint density at radius 1 is 1.43 bits per heavy atom. The summed E-state index contributed by atoms with van der Waals surface area (Å²) in [6.07, 6.45) is 6.43. The van der Waals surface area contributed by atoms with E-state index >= 15 is 0 Å². The van der Waals surface area contributed by atoms with Crippen LogP contribution in [0.2, 0.25) is 0 Å². The number of pyridine rings is 1. The van der Waals surface area contributed by atoms with Gasteiger partial charge in [0.05, 0.1) is 24.1 Å². The van der Waals surface area contributed by atoms with Gasteiger partial charge >= 0.3 is 0 Å². The summed E-state index contributed by atoms with van der Waals surface area (Å²) in [4.78, 5) is 4.42. The first-order chi connectivity index (χ1) is 10.3. The Kier molecular flexibility index (Phi) is 5.03. The van der Waals surface area contributed by atoms with Crippen molar-refractivity contribution >= 4 is 11.8 Å². The largest absolute Gasteiger partial charge is 0.489 e. The van der Waals surface area contributed by atoms with Crippen LogP contribution < -0.4 is 10.1 Å². The molecule has 0 aliphatic carbocycles. The van der Waals surface area contributed by atoms with Crippen molar-refractivity contribution < 1.29 is 9.47 Å². The van der Waals surface area contributed by atoms with Crippen LogP contribution in [0.25, 0.3) is 0 Å². The molecule has 1 unspecified atom stereocenters. The van der Waals surface area contributed by atoms with Gasteiger partial charge in [-0.1, -0.05) is 0 Å². The third kappa shape index (κ3) is 3.90. The lowest BCUT2D eigenvalue weighted by atomic mass is 9.86. The molecule has 2 fully saturated rings. The molecule has 5 heteroatoms. The first-order valence-electron chi connectivity index (χ1n) is 7.78. The van der Waals surface area contributed by atoms with Crippen molar-refractivity contribution in [1.82, 2.24) is 10.3 Å². The van der Waals surface area contributed by atoms with Crippen molar-refractivity contribution in [3.05, 3.63) is 24.0 Å². The standard InChI is InChI=1S/C16H24N2O2S/c1-17-11-13-2-3-15(12-18-13)20-14-4-7-19-16(10-14)5-8-21-9-6-16/h2-3,12,14,17H,4-11H2,1H3. The van der Waals surface area contributed by atoms with Crippen LogP contribution in [0, 0.1) is 0 Å². The molecule has 2 saturated heterocycles. The molecular weight excluding hydrogens is 284 g/mol. The highest BCUT2D eigenvalue weighted by Gasteiger charge is 2.39. The van der Waals surface area contributed by atoms with Crippen molar-refractivity contribution in [3.63, 3.8) is 0 Å².